The Labute approximate surface area is 105 Å². The fraction of sp³-hybridized carbons (Fsp3) is 0.308. The first-order valence-corrected chi connectivity index (χ1v) is 5.89. The average molecular weight is 252 g/mol. The Morgan fingerprint density at radius 2 is 2.06 bits per heavy atom. The first-order valence-electron chi connectivity index (χ1n) is 5.36. The van der Waals surface area contributed by atoms with Gasteiger partial charge in [-0.1, -0.05) is 6.07 Å². The number of hydrogen-bond donors (Lipinski definition) is 0. The number of nitrogens with zero attached hydrogens (tertiary/aromatic N) is 1. The Kier molecular flexibility index (Phi) is 3.38. The Morgan fingerprint density at radius 1 is 1.29 bits per heavy atom. The minimum atomic E-state index is 0.230. The molecule has 2 aromatic rings. The fourth-order valence-electron chi connectivity index (χ4n) is 1.60. The summed E-state index contributed by atoms with van der Waals surface area (Å²) in [6, 6.07) is 4.08. The van der Waals surface area contributed by atoms with Crippen molar-refractivity contribution in [3.8, 4) is 11.8 Å². The monoisotopic (exact) mass is 251 g/mol. The highest BCUT2D eigenvalue weighted by Gasteiger charge is 2.09. The van der Waals surface area contributed by atoms with Crippen molar-refractivity contribution in [1.82, 2.24) is 4.98 Å². The van der Waals surface area contributed by atoms with Gasteiger partial charge in [-0.05, 0) is 43.5 Å². The van der Waals surface area contributed by atoms with Gasteiger partial charge in [0.15, 0.2) is 0 Å². The number of alkyl halides is 1. The lowest BCUT2D eigenvalue weighted by atomic mass is 10.1. The quantitative estimate of drug-likeness (QED) is 0.770. The van der Waals surface area contributed by atoms with Gasteiger partial charge in [0.2, 0.25) is 0 Å². The molecule has 0 radical (unpaired) electrons. The predicted octanol–water partition coefficient (Wildman–Crippen LogP) is 4.13. The van der Waals surface area contributed by atoms with Crippen molar-refractivity contribution in [3.05, 3.63) is 40.8 Å². The Bertz CT molecular complexity index is 534. The van der Waals surface area contributed by atoms with Crippen LogP contribution in [-0.4, -0.2) is 4.98 Å². The number of aromatic nitrogens is 1. The maximum atomic E-state index is 5.65. The van der Waals surface area contributed by atoms with Gasteiger partial charge in [0, 0.05) is 0 Å². The van der Waals surface area contributed by atoms with Gasteiger partial charge in [-0.3, -0.25) is 0 Å². The number of aryl methyl sites for hydroxylation is 2. The van der Waals surface area contributed by atoms with Crippen LogP contribution in [0.3, 0.4) is 0 Å². The fourth-order valence-corrected chi connectivity index (χ4v) is 1.72. The number of hydrogen-bond acceptors (Lipinski definition) is 3. The second-order valence-corrected chi connectivity index (χ2v) is 4.31. The van der Waals surface area contributed by atoms with Crippen LogP contribution >= 0.6 is 11.6 Å². The molecular weight excluding hydrogens is 238 g/mol. The third kappa shape index (κ3) is 2.61. The maximum absolute atomic E-state index is 5.65. The number of rotatable bonds is 3. The zero-order chi connectivity index (χ0) is 12.4. The number of oxazole rings is 1. The van der Waals surface area contributed by atoms with Gasteiger partial charge >= 0.3 is 6.08 Å². The molecule has 1 heterocycles. The Balaban J connectivity index is 2.29. The normalized spacial score (nSPS) is 10.6. The predicted molar refractivity (Wildman–Crippen MR) is 66.8 cm³/mol. The van der Waals surface area contributed by atoms with Crippen molar-refractivity contribution in [2.24, 2.45) is 0 Å². The molecule has 0 saturated carbocycles. The van der Waals surface area contributed by atoms with Crippen LogP contribution in [0, 0.1) is 20.8 Å². The first-order chi connectivity index (χ1) is 8.10. The minimum Gasteiger partial charge on any atom is -0.417 e. The van der Waals surface area contributed by atoms with Crippen LogP contribution in [0.1, 0.15) is 22.4 Å². The summed E-state index contributed by atoms with van der Waals surface area (Å²) in [7, 11) is 0. The van der Waals surface area contributed by atoms with E-state index in [9.17, 15) is 0 Å². The van der Waals surface area contributed by atoms with E-state index in [1.807, 2.05) is 19.9 Å². The van der Waals surface area contributed by atoms with E-state index in [1.54, 1.807) is 0 Å². The van der Waals surface area contributed by atoms with E-state index in [2.05, 4.69) is 18.0 Å². The largest absolute Gasteiger partial charge is 0.417 e. The van der Waals surface area contributed by atoms with E-state index in [-0.39, 0.29) is 6.08 Å². The molecular formula is C13H14ClNO2. The topological polar surface area (TPSA) is 35.3 Å². The van der Waals surface area contributed by atoms with Crippen LogP contribution in [0.5, 0.6) is 11.8 Å². The summed E-state index contributed by atoms with van der Waals surface area (Å²) in [6.45, 7) is 6.09. The van der Waals surface area contributed by atoms with Gasteiger partial charge in [0.1, 0.15) is 12.0 Å². The summed E-state index contributed by atoms with van der Waals surface area (Å²) in [5.74, 6) is 1.09. The molecule has 1 aromatic carbocycles. The summed E-state index contributed by atoms with van der Waals surface area (Å²) in [5, 5.41) is 0. The second kappa shape index (κ2) is 4.80. The van der Waals surface area contributed by atoms with Gasteiger partial charge in [-0.25, -0.2) is 0 Å². The zero-order valence-electron chi connectivity index (χ0n) is 10.1. The van der Waals surface area contributed by atoms with Crippen LogP contribution in [0.15, 0.2) is 22.8 Å². The van der Waals surface area contributed by atoms with Crippen LogP contribution < -0.4 is 4.74 Å². The van der Waals surface area contributed by atoms with Gasteiger partial charge in [0.05, 0.1) is 11.6 Å². The molecule has 0 N–H and O–H groups in total. The summed E-state index contributed by atoms with van der Waals surface area (Å²) >= 11 is 5.65. The van der Waals surface area contributed by atoms with E-state index < -0.39 is 0 Å². The van der Waals surface area contributed by atoms with Crippen molar-refractivity contribution >= 4 is 11.6 Å². The van der Waals surface area contributed by atoms with Crippen molar-refractivity contribution < 1.29 is 9.15 Å². The van der Waals surface area contributed by atoms with Gasteiger partial charge in [-0.15, -0.1) is 11.6 Å². The van der Waals surface area contributed by atoms with E-state index in [0.717, 1.165) is 16.9 Å². The van der Waals surface area contributed by atoms with E-state index in [0.29, 0.717) is 11.6 Å². The molecule has 0 saturated heterocycles. The van der Waals surface area contributed by atoms with Crippen molar-refractivity contribution in [3.63, 3.8) is 0 Å². The standard InChI is InChI=1S/C13H14ClNO2/c1-8-4-9(2)10(3)12(5-8)17-13-15-11(6-14)7-16-13/h4-5,7H,6H2,1-3H3. The van der Waals surface area contributed by atoms with Crippen molar-refractivity contribution in [2.45, 2.75) is 26.7 Å². The highest BCUT2D eigenvalue weighted by molar-refractivity contribution is 6.16. The molecule has 0 atom stereocenters. The Hall–Kier alpha value is -1.48. The lowest BCUT2D eigenvalue weighted by Gasteiger charge is -2.08. The molecule has 0 bridgehead atoms. The van der Waals surface area contributed by atoms with Gasteiger partial charge in [-0.2, -0.15) is 4.98 Å². The molecule has 3 nitrogen and oxygen atoms in total. The summed E-state index contributed by atoms with van der Waals surface area (Å²) in [5.41, 5.74) is 4.08. The number of ether oxygens (including phenoxy) is 1. The van der Waals surface area contributed by atoms with Crippen LogP contribution in [-0.2, 0) is 5.88 Å². The highest BCUT2D eigenvalue weighted by Crippen LogP contribution is 2.28. The first kappa shape index (κ1) is 12.0. The Morgan fingerprint density at radius 3 is 2.71 bits per heavy atom. The van der Waals surface area contributed by atoms with Crippen LogP contribution in [0.25, 0.3) is 0 Å². The molecule has 0 aliphatic rings. The van der Waals surface area contributed by atoms with Crippen LogP contribution in [0.4, 0.5) is 0 Å². The second-order valence-electron chi connectivity index (χ2n) is 4.05. The molecule has 4 heteroatoms. The third-order valence-corrected chi connectivity index (χ3v) is 2.90. The van der Waals surface area contributed by atoms with Gasteiger partial charge < -0.3 is 9.15 Å². The third-order valence-electron chi connectivity index (χ3n) is 2.63. The molecule has 0 unspecified atom stereocenters. The van der Waals surface area contributed by atoms with Gasteiger partial charge in [0.25, 0.3) is 0 Å². The van der Waals surface area contributed by atoms with Crippen LogP contribution in [0.2, 0.25) is 0 Å². The summed E-state index contributed by atoms with van der Waals surface area (Å²) in [6.07, 6.45) is 1.73. The van der Waals surface area contributed by atoms with Crippen molar-refractivity contribution in [2.75, 3.05) is 0 Å². The van der Waals surface area contributed by atoms with Crippen molar-refractivity contribution in [1.29, 1.82) is 0 Å². The maximum Gasteiger partial charge on any atom is 0.399 e. The SMILES string of the molecule is Cc1cc(C)c(C)c(Oc2nc(CCl)co2)c1. The number of halogens is 1. The molecule has 0 spiro atoms. The summed E-state index contributed by atoms with van der Waals surface area (Å²) in [4.78, 5) is 4.10. The van der Waals surface area contributed by atoms with E-state index in [4.69, 9.17) is 20.8 Å². The lowest BCUT2D eigenvalue weighted by molar-refractivity contribution is 0.329. The molecule has 0 fully saturated rings. The molecule has 0 amide bonds. The number of benzene rings is 1. The molecule has 2 rings (SSSR count). The lowest BCUT2D eigenvalue weighted by Crippen LogP contribution is -1.92. The summed E-state index contributed by atoms with van der Waals surface area (Å²) < 4.78 is 10.8. The molecule has 0 aliphatic heterocycles. The molecule has 90 valence electrons. The van der Waals surface area contributed by atoms with E-state index in [1.165, 1.54) is 11.8 Å². The molecule has 0 aliphatic carbocycles. The minimum absolute atomic E-state index is 0.230. The van der Waals surface area contributed by atoms with E-state index >= 15 is 0 Å². The molecule has 17 heavy (non-hydrogen) atoms. The zero-order valence-corrected chi connectivity index (χ0v) is 10.8. The molecule has 1 aromatic heterocycles. The highest BCUT2D eigenvalue weighted by atomic mass is 35.5. The smallest absolute Gasteiger partial charge is 0.399 e. The average Bonchev–Trinajstić information content (AvgIpc) is 2.73.